The summed E-state index contributed by atoms with van der Waals surface area (Å²) in [6.07, 6.45) is 2.25. The highest BCUT2D eigenvalue weighted by atomic mass is 32.2. The Morgan fingerprint density at radius 3 is 2.35 bits per heavy atom. The molecule has 0 bridgehead atoms. The van der Waals surface area contributed by atoms with Gasteiger partial charge in [0.2, 0.25) is 0 Å². The van der Waals surface area contributed by atoms with Crippen LogP contribution >= 0.6 is 11.8 Å². The van der Waals surface area contributed by atoms with E-state index in [-0.39, 0.29) is 36.1 Å². The lowest BCUT2D eigenvalue weighted by Crippen LogP contribution is -2.26. The number of alkyl halides is 3. The zero-order valence-corrected chi connectivity index (χ0v) is 10.0. The van der Waals surface area contributed by atoms with Gasteiger partial charge in [-0.3, -0.25) is 4.79 Å². The molecule has 1 N–H and O–H groups in total. The van der Waals surface area contributed by atoms with Crippen molar-refractivity contribution in [1.29, 1.82) is 0 Å². The SMILES string of the molecule is O=C(O)C1CCC(OCCSC(F)(F)F)CC1. The Hall–Kier alpha value is -0.430. The van der Waals surface area contributed by atoms with Crippen LogP contribution in [0.1, 0.15) is 25.7 Å². The number of aliphatic carboxylic acids is 1. The second-order valence-electron chi connectivity index (χ2n) is 3.98. The molecule has 100 valence electrons. The van der Waals surface area contributed by atoms with Crippen LogP contribution in [0.2, 0.25) is 0 Å². The number of thioether (sulfide) groups is 1. The van der Waals surface area contributed by atoms with E-state index < -0.39 is 11.5 Å². The van der Waals surface area contributed by atoms with Gasteiger partial charge in [0.25, 0.3) is 0 Å². The lowest BCUT2D eigenvalue weighted by Gasteiger charge is -2.26. The van der Waals surface area contributed by atoms with Crippen molar-refractivity contribution in [2.24, 2.45) is 5.92 Å². The van der Waals surface area contributed by atoms with E-state index in [1.807, 2.05) is 0 Å². The van der Waals surface area contributed by atoms with Gasteiger partial charge in [-0.25, -0.2) is 0 Å². The summed E-state index contributed by atoms with van der Waals surface area (Å²) in [5.41, 5.74) is -4.20. The van der Waals surface area contributed by atoms with E-state index in [1.54, 1.807) is 0 Å². The maximum atomic E-state index is 11.8. The highest BCUT2D eigenvalue weighted by molar-refractivity contribution is 8.00. The molecule has 1 aliphatic rings. The summed E-state index contributed by atoms with van der Waals surface area (Å²) in [6.45, 7) is 0.0621. The summed E-state index contributed by atoms with van der Waals surface area (Å²) >= 11 is -0.0915. The van der Waals surface area contributed by atoms with Gasteiger partial charge < -0.3 is 9.84 Å². The molecule has 0 heterocycles. The Labute approximate surface area is 102 Å². The molecule has 0 aromatic carbocycles. The predicted molar refractivity (Wildman–Crippen MR) is 57.8 cm³/mol. The molecule has 0 aliphatic heterocycles. The van der Waals surface area contributed by atoms with E-state index >= 15 is 0 Å². The van der Waals surface area contributed by atoms with Crippen molar-refractivity contribution in [2.75, 3.05) is 12.4 Å². The second-order valence-corrected chi connectivity index (χ2v) is 5.14. The van der Waals surface area contributed by atoms with E-state index in [9.17, 15) is 18.0 Å². The summed E-state index contributed by atoms with van der Waals surface area (Å²) in [5, 5.41) is 8.76. The maximum Gasteiger partial charge on any atom is 0.441 e. The van der Waals surface area contributed by atoms with Crippen LogP contribution in [0.15, 0.2) is 0 Å². The molecule has 1 rings (SSSR count). The van der Waals surface area contributed by atoms with Gasteiger partial charge in [0.1, 0.15) is 0 Å². The van der Waals surface area contributed by atoms with Crippen molar-refractivity contribution in [3.8, 4) is 0 Å². The monoisotopic (exact) mass is 272 g/mol. The molecule has 1 aliphatic carbocycles. The number of halogens is 3. The minimum absolute atomic E-state index is 0.0621. The van der Waals surface area contributed by atoms with E-state index in [1.165, 1.54) is 0 Å². The maximum absolute atomic E-state index is 11.8. The van der Waals surface area contributed by atoms with Crippen LogP contribution in [-0.4, -0.2) is 35.0 Å². The highest BCUT2D eigenvalue weighted by Gasteiger charge is 2.29. The minimum atomic E-state index is -4.20. The second kappa shape index (κ2) is 6.49. The first-order chi connectivity index (χ1) is 7.88. The Morgan fingerprint density at radius 2 is 1.88 bits per heavy atom. The summed E-state index contributed by atoms with van der Waals surface area (Å²) in [6, 6.07) is 0. The zero-order chi connectivity index (χ0) is 12.9. The van der Waals surface area contributed by atoms with Crippen molar-refractivity contribution < 1.29 is 27.8 Å². The largest absolute Gasteiger partial charge is 0.481 e. The topological polar surface area (TPSA) is 46.5 Å². The first-order valence-electron chi connectivity index (χ1n) is 5.43. The third kappa shape index (κ3) is 6.16. The molecular weight excluding hydrogens is 257 g/mol. The Bertz CT molecular complexity index is 250. The quantitative estimate of drug-likeness (QED) is 0.782. The normalized spacial score (nSPS) is 25.8. The Morgan fingerprint density at radius 1 is 1.29 bits per heavy atom. The number of rotatable bonds is 5. The number of carbonyl (C=O) groups is 1. The molecule has 3 nitrogen and oxygen atoms in total. The van der Waals surface area contributed by atoms with Gasteiger partial charge in [-0.1, -0.05) is 0 Å². The van der Waals surface area contributed by atoms with Crippen LogP contribution in [0.3, 0.4) is 0 Å². The van der Waals surface area contributed by atoms with Crippen molar-refractivity contribution in [2.45, 2.75) is 37.3 Å². The number of hydrogen-bond donors (Lipinski definition) is 1. The average molecular weight is 272 g/mol. The molecule has 7 heteroatoms. The van der Waals surface area contributed by atoms with Crippen molar-refractivity contribution in [3.05, 3.63) is 0 Å². The molecular formula is C10H15F3O3S. The van der Waals surface area contributed by atoms with Gasteiger partial charge in [0.15, 0.2) is 0 Å². The molecule has 0 atom stereocenters. The first-order valence-corrected chi connectivity index (χ1v) is 6.42. The molecule has 1 fully saturated rings. The average Bonchev–Trinajstić information content (AvgIpc) is 2.24. The molecule has 0 amide bonds. The fourth-order valence-electron chi connectivity index (χ4n) is 1.85. The van der Waals surface area contributed by atoms with Crippen molar-refractivity contribution >= 4 is 17.7 Å². The van der Waals surface area contributed by atoms with Crippen LogP contribution < -0.4 is 0 Å². The standard InChI is InChI=1S/C10H15F3O3S/c11-10(12,13)17-6-5-16-8-3-1-7(2-4-8)9(14)15/h7-8H,1-6H2,(H,14,15). The summed E-state index contributed by atoms with van der Waals surface area (Å²) in [5.74, 6) is -1.22. The fraction of sp³-hybridized carbons (Fsp3) is 0.900. The molecule has 0 aromatic heterocycles. The summed E-state index contributed by atoms with van der Waals surface area (Å²) in [4.78, 5) is 10.7. The van der Waals surface area contributed by atoms with E-state index in [0.29, 0.717) is 25.7 Å². The third-order valence-corrected chi connectivity index (χ3v) is 3.42. The van der Waals surface area contributed by atoms with Gasteiger partial charge >= 0.3 is 11.5 Å². The van der Waals surface area contributed by atoms with E-state index in [0.717, 1.165) is 0 Å². The zero-order valence-electron chi connectivity index (χ0n) is 9.20. The fourth-order valence-corrected chi connectivity index (χ4v) is 2.26. The van der Waals surface area contributed by atoms with Gasteiger partial charge in [-0.15, -0.1) is 0 Å². The molecule has 0 saturated heterocycles. The molecule has 17 heavy (non-hydrogen) atoms. The third-order valence-electron chi connectivity index (χ3n) is 2.73. The number of hydrogen-bond acceptors (Lipinski definition) is 3. The van der Waals surface area contributed by atoms with Gasteiger partial charge in [-0.2, -0.15) is 13.2 Å². The Kier molecular flexibility index (Phi) is 5.58. The van der Waals surface area contributed by atoms with Crippen molar-refractivity contribution in [1.82, 2.24) is 0 Å². The van der Waals surface area contributed by atoms with Crippen LogP contribution in [0.4, 0.5) is 13.2 Å². The number of ether oxygens (including phenoxy) is 1. The van der Waals surface area contributed by atoms with Crippen LogP contribution in [0, 0.1) is 5.92 Å². The predicted octanol–water partition coefficient (Wildman–Crippen LogP) is 2.90. The van der Waals surface area contributed by atoms with Crippen molar-refractivity contribution in [3.63, 3.8) is 0 Å². The van der Waals surface area contributed by atoms with Crippen LogP contribution in [-0.2, 0) is 9.53 Å². The summed E-state index contributed by atoms with van der Waals surface area (Å²) < 4.78 is 40.7. The van der Waals surface area contributed by atoms with Gasteiger partial charge in [-0.05, 0) is 37.4 Å². The molecule has 0 unspecified atom stereocenters. The molecule has 0 radical (unpaired) electrons. The van der Waals surface area contributed by atoms with Crippen LogP contribution in [0.5, 0.6) is 0 Å². The van der Waals surface area contributed by atoms with E-state index in [2.05, 4.69) is 0 Å². The highest BCUT2D eigenvalue weighted by Crippen LogP contribution is 2.30. The lowest BCUT2D eigenvalue weighted by molar-refractivity contribution is -0.143. The van der Waals surface area contributed by atoms with E-state index in [4.69, 9.17) is 9.84 Å². The van der Waals surface area contributed by atoms with Gasteiger partial charge in [0.05, 0.1) is 18.6 Å². The molecule has 1 saturated carbocycles. The van der Waals surface area contributed by atoms with Gasteiger partial charge in [0, 0.05) is 5.75 Å². The molecule has 0 aromatic rings. The Balaban J connectivity index is 2.09. The molecule has 0 spiro atoms. The van der Waals surface area contributed by atoms with Crippen LogP contribution in [0.25, 0.3) is 0 Å². The number of carboxylic acid groups (broad SMARTS) is 1. The number of carboxylic acids is 1. The smallest absolute Gasteiger partial charge is 0.441 e. The lowest BCUT2D eigenvalue weighted by atomic mass is 9.87. The summed E-state index contributed by atoms with van der Waals surface area (Å²) in [7, 11) is 0. The first kappa shape index (κ1) is 14.6. The minimum Gasteiger partial charge on any atom is -0.481 e.